The van der Waals surface area contributed by atoms with Gasteiger partial charge in [0.15, 0.2) is 0 Å². The number of hydrogen-bond acceptors (Lipinski definition) is 4. The van der Waals surface area contributed by atoms with E-state index in [1.165, 1.54) is 16.7 Å². The van der Waals surface area contributed by atoms with E-state index < -0.39 is 0 Å². The molecule has 0 unspecified atom stereocenters. The van der Waals surface area contributed by atoms with E-state index in [-0.39, 0.29) is 18.1 Å². The van der Waals surface area contributed by atoms with Gasteiger partial charge in [0.2, 0.25) is 0 Å². The van der Waals surface area contributed by atoms with Crippen LogP contribution in [0.1, 0.15) is 42.9 Å². The third-order valence-corrected chi connectivity index (χ3v) is 5.33. The highest BCUT2D eigenvalue weighted by atomic mass is 16.3. The molecule has 4 nitrogen and oxygen atoms in total. The molecule has 1 fully saturated rings. The zero-order valence-corrected chi connectivity index (χ0v) is 13.5. The number of likely N-dealkylation sites (tertiary alicyclic amines) is 1. The van der Waals surface area contributed by atoms with Gasteiger partial charge in [-0.15, -0.1) is 0 Å². The molecule has 3 N–H and O–H groups in total. The second-order valence-electron chi connectivity index (χ2n) is 6.99. The molecule has 0 amide bonds. The lowest BCUT2D eigenvalue weighted by Gasteiger charge is -2.45. The van der Waals surface area contributed by atoms with Gasteiger partial charge in [-0.2, -0.15) is 0 Å². The zero-order valence-electron chi connectivity index (χ0n) is 13.5. The number of fused-ring (bicyclic) bond motifs is 1. The summed E-state index contributed by atoms with van der Waals surface area (Å²) in [5.41, 5.74) is 3.82. The van der Waals surface area contributed by atoms with Crippen molar-refractivity contribution >= 4 is 0 Å². The first kappa shape index (κ1) is 15.9. The number of nitrogens with zero attached hydrogens (tertiary/aromatic N) is 1. The fourth-order valence-corrected chi connectivity index (χ4v) is 4.06. The van der Waals surface area contributed by atoms with Crippen LogP contribution in [0.5, 0.6) is 0 Å². The maximum absolute atomic E-state index is 10.4. The summed E-state index contributed by atoms with van der Waals surface area (Å²) in [5, 5.41) is 23.6. The normalized spacial score (nSPS) is 28.8. The van der Waals surface area contributed by atoms with Crippen LogP contribution in [0.15, 0.2) is 18.2 Å². The van der Waals surface area contributed by atoms with Crippen molar-refractivity contribution in [3.05, 3.63) is 34.9 Å². The Morgan fingerprint density at radius 2 is 2.14 bits per heavy atom. The Morgan fingerprint density at radius 1 is 1.32 bits per heavy atom. The van der Waals surface area contributed by atoms with Gasteiger partial charge in [0, 0.05) is 38.1 Å². The van der Waals surface area contributed by atoms with Gasteiger partial charge in [-0.1, -0.05) is 31.5 Å². The minimum Gasteiger partial charge on any atom is -0.396 e. The van der Waals surface area contributed by atoms with E-state index in [0.29, 0.717) is 0 Å². The molecule has 1 aromatic carbocycles. The summed E-state index contributed by atoms with van der Waals surface area (Å²) in [6.07, 6.45) is 2.26. The van der Waals surface area contributed by atoms with Crippen LogP contribution in [0.2, 0.25) is 0 Å². The van der Waals surface area contributed by atoms with Gasteiger partial charge in [-0.25, -0.2) is 0 Å². The summed E-state index contributed by atoms with van der Waals surface area (Å²) in [6.45, 7) is 6.75. The molecule has 0 bridgehead atoms. The molecular formula is C18H28N2O2. The second-order valence-corrected chi connectivity index (χ2v) is 6.99. The van der Waals surface area contributed by atoms with Crippen LogP contribution in [-0.4, -0.2) is 40.9 Å². The minimum absolute atomic E-state index is 0.0760. The van der Waals surface area contributed by atoms with E-state index in [4.69, 9.17) is 0 Å². The summed E-state index contributed by atoms with van der Waals surface area (Å²) >= 11 is 0. The van der Waals surface area contributed by atoms with Crippen molar-refractivity contribution in [2.24, 2.45) is 5.41 Å². The number of rotatable bonds is 5. The van der Waals surface area contributed by atoms with Crippen molar-refractivity contribution in [2.45, 2.75) is 51.9 Å². The third kappa shape index (κ3) is 3.06. The van der Waals surface area contributed by atoms with Crippen molar-refractivity contribution < 1.29 is 10.2 Å². The summed E-state index contributed by atoms with van der Waals surface area (Å²) in [6, 6.07) is 6.76. The molecule has 22 heavy (non-hydrogen) atoms. The summed E-state index contributed by atoms with van der Waals surface area (Å²) < 4.78 is 0. The van der Waals surface area contributed by atoms with Crippen molar-refractivity contribution in [2.75, 3.05) is 19.7 Å². The first-order valence-electron chi connectivity index (χ1n) is 8.49. The van der Waals surface area contributed by atoms with Gasteiger partial charge in [-0.05, 0) is 29.5 Å². The Balaban J connectivity index is 1.70. The lowest BCUT2D eigenvalue weighted by Crippen LogP contribution is -2.53. The number of aliphatic hydroxyl groups excluding tert-OH is 2. The molecule has 0 saturated carbocycles. The van der Waals surface area contributed by atoms with Crippen LogP contribution in [0.4, 0.5) is 0 Å². The smallest absolute Gasteiger partial charge is 0.0642 e. The molecule has 0 aliphatic carbocycles. The molecule has 0 spiro atoms. The minimum atomic E-state index is -0.377. The van der Waals surface area contributed by atoms with Crippen LogP contribution in [-0.2, 0) is 19.6 Å². The van der Waals surface area contributed by atoms with Crippen LogP contribution < -0.4 is 5.32 Å². The molecule has 2 atom stereocenters. The van der Waals surface area contributed by atoms with E-state index in [2.05, 4.69) is 35.3 Å². The molecule has 4 heteroatoms. The predicted octanol–water partition coefficient (Wildman–Crippen LogP) is 1.64. The average molecular weight is 304 g/mol. The topological polar surface area (TPSA) is 55.7 Å². The van der Waals surface area contributed by atoms with Gasteiger partial charge in [-0.3, -0.25) is 4.90 Å². The zero-order chi connectivity index (χ0) is 15.6. The van der Waals surface area contributed by atoms with E-state index in [1.807, 2.05) is 0 Å². The first-order valence-corrected chi connectivity index (χ1v) is 8.49. The standard InChI is InChI=1S/C18H28N2O2/c1-2-6-18(13-21)12-20(7-5-17(18)22)11-14-3-4-15-9-19-10-16(15)8-14/h3-4,8,17,19,21-22H,2,5-7,9-13H2,1H3/t17-,18-/m0/s1. The second kappa shape index (κ2) is 6.67. The van der Waals surface area contributed by atoms with Gasteiger partial charge >= 0.3 is 0 Å². The van der Waals surface area contributed by atoms with E-state index >= 15 is 0 Å². The number of piperidine rings is 1. The lowest BCUT2D eigenvalue weighted by molar-refractivity contribution is -0.0819. The van der Waals surface area contributed by atoms with Crippen LogP contribution in [0, 0.1) is 5.41 Å². The fourth-order valence-electron chi connectivity index (χ4n) is 4.06. The van der Waals surface area contributed by atoms with Crippen molar-refractivity contribution in [1.29, 1.82) is 0 Å². The number of hydrogen-bond donors (Lipinski definition) is 3. The molecule has 1 saturated heterocycles. The molecular weight excluding hydrogens is 276 g/mol. The quantitative estimate of drug-likeness (QED) is 0.774. The van der Waals surface area contributed by atoms with Gasteiger partial charge in [0.05, 0.1) is 12.7 Å². The number of aliphatic hydroxyl groups is 2. The first-order chi connectivity index (χ1) is 10.7. The van der Waals surface area contributed by atoms with E-state index in [9.17, 15) is 10.2 Å². The van der Waals surface area contributed by atoms with Crippen molar-refractivity contribution in [1.82, 2.24) is 10.2 Å². The van der Waals surface area contributed by atoms with Crippen LogP contribution >= 0.6 is 0 Å². The molecule has 3 rings (SSSR count). The lowest BCUT2D eigenvalue weighted by atomic mass is 9.74. The highest BCUT2D eigenvalue weighted by Crippen LogP contribution is 2.35. The molecule has 0 aromatic heterocycles. The molecule has 1 aromatic rings. The van der Waals surface area contributed by atoms with Gasteiger partial charge < -0.3 is 15.5 Å². The molecule has 2 heterocycles. The van der Waals surface area contributed by atoms with Crippen LogP contribution in [0.25, 0.3) is 0 Å². The predicted molar refractivity (Wildman–Crippen MR) is 87.3 cm³/mol. The largest absolute Gasteiger partial charge is 0.396 e. The Labute approximate surface area is 133 Å². The maximum Gasteiger partial charge on any atom is 0.0642 e. The highest BCUT2D eigenvalue weighted by molar-refractivity contribution is 5.34. The molecule has 2 aliphatic heterocycles. The Bertz CT molecular complexity index is 520. The summed E-state index contributed by atoms with van der Waals surface area (Å²) in [5.74, 6) is 0. The monoisotopic (exact) mass is 304 g/mol. The third-order valence-electron chi connectivity index (χ3n) is 5.33. The van der Waals surface area contributed by atoms with Crippen molar-refractivity contribution in [3.8, 4) is 0 Å². The molecule has 122 valence electrons. The molecule has 0 radical (unpaired) electrons. The average Bonchev–Trinajstić information content (AvgIpc) is 2.98. The van der Waals surface area contributed by atoms with Crippen LogP contribution in [0.3, 0.4) is 0 Å². The van der Waals surface area contributed by atoms with Gasteiger partial charge in [0.25, 0.3) is 0 Å². The number of nitrogens with one attached hydrogen (secondary N) is 1. The Kier molecular flexibility index (Phi) is 4.83. The maximum atomic E-state index is 10.4. The Hall–Kier alpha value is -0.940. The van der Waals surface area contributed by atoms with Gasteiger partial charge in [0.1, 0.15) is 0 Å². The highest BCUT2D eigenvalue weighted by Gasteiger charge is 2.41. The van der Waals surface area contributed by atoms with E-state index in [0.717, 1.165) is 52.0 Å². The molecule has 2 aliphatic rings. The van der Waals surface area contributed by atoms with Crippen molar-refractivity contribution in [3.63, 3.8) is 0 Å². The SMILES string of the molecule is CCC[C@@]1(CO)CN(Cc2ccc3c(c2)CNC3)CC[C@@H]1O. The number of benzene rings is 1. The van der Waals surface area contributed by atoms with E-state index in [1.54, 1.807) is 0 Å². The Morgan fingerprint density at radius 3 is 2.91 bits per heavy atom. The summed E-state index contributed by atoms with van der Waals surface area (Å²) in [7, 11) is 0. The summed E-state index contributed by atoms with van der Waals surface area (Å²) in [4.78, 5) is 2.39. The fraction of sp³-hybridized carbons (Fsp3) is 0.667.